The normalized spacial score (nSPS) is 28.7. The number of rotatable bonds is 2. The lowest BCUT2D eigenvalue weighted by Crippen LogP contribution is -2.26. The third-order valence-corrected chi connectivity index (χ3v) is 4.37. The van der Waals surface area contributed by atoms with Gasteiger partial charge in [0.1, 0.15) is 4.60 Å². The zero-order chi connectivity index (χ0) is 12.7. The average Bonchev–Trinajstić information content (AvgIpc) is 2.94. The molecule has 0 spiro atoms. The van der Waals surface area contributed by atoms with Crippen LogP contribution in [0.25, 0.3) is 0 Å². The Kier molecular flexibility index (Phi) is 2.98. The number of carbonyl (C=O) groups is 1. The van der Waals surface area contributed by atoms with Crippen LogP contribution in [0, 0.1) is 24.7 Å². The fraction of sp³-hybridized carbons (Fsp3) is 0.429. The maximum atomic E-state index is 12.3. The second-order valence-electron chi connectivity index (χ2n) is 5.14. The van der Waals surface area contributed by atoms with Gasteiger partial charge in [-0.1, -0.05) is 12.2 Å². The monoisotopic (exact) mass is 306 g/mol. The predicted molar refractivity (Wildman–Crippen MR) is 74.1 cm³/mol. The topological polar surface area (TPSA) is 42.0 Å². The van der Waals surface area contributed by atoms with Crippen molar-refractivity contribution in [2.75, 3.05) is 5.32 Å². The number of fused-ring (bicyclic) bond motifs is 2. The van der Waals surface area contributed by atoms with E-state index >= 15 is 0 Å². The zero-order valence-electron chi connectivity index (χ0n) is 10.2. The molecule has 3 atom stereocenters. The van der Waals surface area contributed by atoms with E-state index in [-0.39, 0.29) is 11.8 Å². The summed E-state index contributed by atoms with van der Waals surface area (Å²) < 4.78 is 0.792. The smallest absolute Gasteiger partial charge is 0.228 e. The second-order valence-corrected chi connectivity index (χ2v) is 5.96. The molecule has 1 aromatic rings. The van der Waals surface area contributed by atoms with Crippen LogP contribution < -0.4 is 5.32 Å². The van der Waals surface area contributed by atoms with Crippen LogP contribution >= 0.6 is 15.9 Å². The number of hydrogen-bond acceptors (Lipinski definition) is 2. The number of allylic oxidation sites excluding steroid dienone is 2. The highest BCUT2D eigenvalue weighted by molar-refractivity contribution is 9.10. The maximum Gasteiger partial charge on any atom is 0.228 e. The zero-order valence-corrected chi connectivity index (χ0v) is 11.8. The molecule has 3 unspecified atom stereocenters. The highest BCUT2D eigenvalue weighted by Crippen LogP contribution is 2.43. The van der Waals surface area contributed by atoms with Gasteiger partial charge in [-0.3, -0.25) is 4.79 Å². The number of nitrogens with one attached hydrogen (secondary N) is 1. The standard InChI is InChI=1S/C14H15BrN2O/c1-8-12(4-5-13(15)16-8)17-14(18)11-7-9-2-3-10(11)6-9/h2-5,9-11H,6-7H2,1H3,(H,17,18). The first-order valence-corrected chi connectivity index (χ1v) is 7.05. The Morgan fingerprint density at radius 3 is 2.83 bits per heavy atom. The maximum absolute atomic E-state index is 12.3. The summed E-state index contributed by atoms with van der Waals surface area (Å²) in [6, 6.07) is 3.75. The van der Waals surface area contributed by atoms with E-state index in [4.69, 9.17) is 0 Å². The molecule has 0 saturated heterocycles. The molecule has 2 aliphatic rings. The largest absolute Gasteiger partial charge is 0.324 e. The molecule has 1 saturated carbocycles. The van der Waals surface area contributed by atoms with E-state index < -0.39 is 0 Å². The van der Waals surface area contributed by atoms with Crippen LogP contribution in [-0.2, 0) is 4.79 Å². The van der Waals surface area contributed by atoms with Gasteiger partial charge in [0.25, 0.3) is 0 Å². The molecule has 1 amide bonds. The van der Waals surface area contributed by atoms with Gasteiger partial charge in [0, 0.05) is 5.92 Å². The molecule has 94 valence electrons. The molecular weight excluding hydrogens is 292 g/mol. The third kappa shape index (κ3) is 2.09. The molecule has 3 rings (SSSR count). The summed E-state index contributed by atoms with van der Waals surface area (Å²) >= 11 is 3.32. The minimum absolute atomic E-state index is 0.138. The van der Waals surface area contributed by atoms with Gasteiger partial charge < -0.3 is 5.32 Å². The first-order valence-electron chi connectivity index (χ1n) is 6.26. The van der Waals surface area contributed by atoms with E-state index in [0.29, 0.717) is 11.8 Å². The van der Waals surface area contributed by atoms with E-state index in [9.17, 15) is 4.79 Å². The van der Waals surface area contributed by atoms with Gasteiger partial charge in [-0.05, 0) is 59.7 Å². The number of aryl methyl sites for hydroxylation is 1. The van der Waals surface area contributed by atoms with Crippen molar-refractivity contribution < 1.29 is 4.79 Å². The highest BCUT2D eigenvalue weighted by Gasteiger charge is 2.39. The molecule has 1 N–H and O–H groups in total. The fourth-order valence-electron chi connectivity index (χ4n) is 2.97. The Morgan fingerprint density at radius 1 is 1.39 bits per heavy atom. The van der Waals surface area contributed by atoms with Crippen molar-refractivity contribution >= 4 is 27.5 Å². The number of amides is 1. The van der Waals surface area contributed by atoms with Crippen LogP contribution in [0.4, 0.5) is 5.69 Å². The van der Waals surface area contributed by atoms with Gasteiger partial charge in [-0.25, -0.2) is 4.98 Å². The lowest BCUT2D eigenvalue weighted by atomic mass is 9.93. The Balaban J connectivity index is 1.73. The molecule has 1 fully saturated rings. The number of pyridine rings is 1. The van der Waals surface area contributed by atoms with Gasteiger partial charge in [0.15, 0.2) is 0 Å². The van der Waals surface area contributed by atoms with Crippen LogP contribution in [0.2, 0.25) is 0 Å². The summed E-state index contributed by atoms with van der Waals surface area (Å²) in [6.07, 6.45) is 6.59. The predicted octanol–water partition coefficient (Wildman–Crippen LogP) is 3.30. The molecule has 4 heteroatoms. The molecule has 3 nitrogen and oxygen atoms in total. The van der Waals surface area contributed by atoms with Gasteiger partial charge in [0.05, 0.1) is 11.4 Å². The molecule has 0 radical (unpaired) electrons. The van der Waals surface area contributed by atoms with Crippen LogP contribution in [0.15, 0.2) is 28.9 Å². The van der Waals surface area contributed by atoms with Gasteiger partial charge in [0.2, 0.25) is 5.91 Å². The van der Waals surface area contributed by atoms with Crippen molar-refractivity contribution in [2.45, 2.75) is 19.8 Å². The number of anilines is 1. The molecule has 0 aliphatic heterocycles. The quantitative estimate of drug-likeness (QED) is 0.673. The van der Waals surface area contributed by atoms with Crippen molar-refractivity contribution in [1.82, 2.24) is 4.98 Å². The van der Waals surface area contributed by atoms with E-state index in [1.165, 1.54) is 0 Å². The summed E-state index contributed by atoms with van der Waals surface area (Å²) in [5.41, 5.74) is 1.66. The molecular formula is C14H15BrN2O. The van der Waals surface area contributed by atoms with E-state index in [1.807, 2.05) is 19.1 Å². The number of halogens is 1. The molecule has 1 aromatic heterocycles. The van der Waals surface area contributed by atoms with Crippen LogP contribution in [0.5, 0.6) is 0 Å². The Hall–Kier alpha value is -1.16. The summed E-state index contributed by atoms with van der Waals surface area (Å²) in [7, 11) is 0. The minimum Gasteiger partial charge on any atom is -0.324 e. The summed E-state index contributed by atoms with van der Waals surface area (Å²) in [6.45, 7) is 1.90. The summed E-state index contributed by atoms with van der Waals surface area (Å²) in [4.78, 5) is 16.5. The first-order chi connectivity index (χ1) is 8.63. The molecule has 18 heavy (non-hydrogen) atoms. The molecule has 1 heterocycles. The number of nitrogens with zero attached hydrogens (tertiary/aromatic N) is 1. The van der Waals surface area contributed by atoms with Crippen molar-refractivity contribution in [3.05, 3.63) is 34.6 Å². The summed E-state index contributed by atoms with van der Waals surface area (Å²) in [5.74, 6) is 1.34. The van der Waals surface area contributed by atoms with E-state index in [2.05, 4.69) is 38.4 Å². The first kappa shape index (κ1) is 11.9. The van der Waals surface area contributed by atoms with Crippen molar-refractivity contribution in [3.63, 3.8) is 0 Å². The third-order valence-electron chi connectivity index (χ3n) is 3.93. The van der Waals surface area contributed by atoms with Gasteiger partial charge >= 0.3 is 0 Å². The highest BCUT2D eigenvalue weighted by atomic mass is 79.9. The van der Waals surface area contributed by atoms with Crippen LogP contribution in [0.1, 0.15) is 18.5 Å². The SMILES string of the molecule is Cc1nc(Br)ccc1NC(=O)C1CC2C=CC1C2. The van der Waals surface area contributed by atoms with Crippen molar-refractivity contribution in [1.29, 1.82) is 0 Å². The van der Waals surface area contributed by atoms with Gasteiger partial charge in [-0.2, -0.15) is 0 Å². The Morgan fingerprint density at radius 2 is 2.22 bits per heavy atom. The van der Waals surface area contributed by atoms with Gasteiger partial charge in [-0.15, -0.1) is 0 Å². The number of hydrogen-bond donors (Lipinski definition) is 1. The molecule has 2 bridgehead atoms. The fourth-order valence-corrected chi connectivity index (χ4v) is 3.37. The van der Waals surface area contributed by atoms with Crippen LogP contribution in [0.3, 0.4) is 0 Å². The minimum atomic E-state index is 0.138. The molecule has 2 aliphatic carbocycles. The second kappa shape index (κ2) is 4.50. The lowest BCUT2D eigenvalue weighted by Gasteiger charge is -2.18. The summed E-state index contributed by atoms with van der Waals surface area (Å²) in [5, 5.41) is 3.01. The average molecular weight is 307 g/mol. The number of aromatic nitrogens is 1. The van der Waals surface area contributed by atoms with Crippen LogP contribution in [-0.4, -0.2) is 10.9 Å². The Bertz CT molecular complexity index is 527. The Labute approximate surface area is 115 Å². The van der Waals surface area contributed by atoms with E-state index in [0.717, 1.165) is 28.8 Å². The van der Waals surface area contributed by atoms with E-state index in [1.54, 1.807) is 0 Å². The van der Waals surface area contributed by atoms with Crippen molar-refractivity contribution in [2.24, 2.45) is 17.8 Å². The van der Waals surface area contributed by atoms with Crippen molar-refractivity contribution in [3.8, 4) is 0 Å². The lowest BCUT2D eigenvalue weighted by molar-refractivity contribution is -0.120. The number of carbonyl (C=O) groups excluding carboxylic acids is 1. The molecule has 0 aromatic carbocycles.